The summed E-state index contributed by atoms with van der Waals surface area (Å²) in [5, 5.41) is 11.3. The van der Waals surface area contributed by atoms with Gasteiger partial charge in [-0.1, -0.05) is 71.6 Å². The van der Waals surface area contributed by atoms with E-state index in [-0.39, 0.29) is 35.6 Å². The quantitative estimate of drug-likeness (QED) is 0.132. The van der Waals surface area contributed by atoms with Crippen LogP contribution in [0.4, 0.5) is 4.79 Å². The van der Waals surface area contributed by atoms with Crippen molar-refractivity contribution < 1.29 is 37.1 Å². The number of likely N-dealkylation sites (tertiary alicyclic amines) is 1. The number of rotatable bonds is 17. The van der Waals surface area contributed by atoms with E-state index in [2.05, 4.69) is 35.1 Å². The molecule has 0 radical (unpaired) electrons. The first-order valence-electron chi connectivity index (χ1n) is 18.6. The maximum absolute atomic E-state index is 13.8. The van der Waals surface area contributed by atoms with Gasteiger partial charge in [-0.05, 0) is 55.8 Å². The van der Waals surface area contributed by atoms with Gasteiger partial charge in [0.25, 0.3) is 5.91 Å². The summed E-state index contributed by atoms with van der Waals surface area (Å²) in [4.78, 5) is 65.7. The summed E-state index contributed by atoms with van der Waals surface area (Å²) in [5.74, 6) is -0.746. The normalized spacial score (nSPS) is 27.3. The number of amides is 5. The van der Waals surface area contributed by atoms with Gasteiger partial charge in [-0.25, -0.2) is 13.2 Å². The van der Waals surface area contributed by atoms with Crippen LogP contribution < -0.4 is 21.3 Å². The minimum Gasteiger partial charge on any atom is -0.359 e. The second-order valence-electron chi connectivity index (χ2n) is 15.8. The number of piperidine rings is 1. The molecule has 2 aliphatic heterocycles. The Labute approximate surface area is 291 Å². The summed E-state index contributed by atoms with van der Waals surface area (Å²) in [6.07, 6.45) is 11.1. The Balaban J connectivity index is 1.10. The number of urea groups is 1. The molecule has 3 aliphatic carbocycles. The van der Waals surface area contributed by atoms with E-state index in [9.17, 15) is 32.4 Å². The largest absolute Gasteiger partial charge is 0.359 e. The molecule has 5 amide bonds. The van der Waals surface area contributed by atoms with E-state index in [1.165, 1.54) is 6.92 Å². The van der Waals surface area contributed by atoms with Gasteiger partial charge in [0.15, 0.2) is 15.3 Å². The van der Waals surface area contributed by atoms with Gasteiger partial charge < -0.3 is 30.9 Å². The Bertz CT molecular complexity index is 1350. The van der Waals surface area contributed by atoms with Crippen molar-refractivity contribution >= 4 is 39.4 Å². The van der Waals surface area contributed by atoms with Crippen molar-refractivity contribution in [3.05, 3.63) is 0 Å². The van der Waals surface area contributed by atoms with Crippen molar-refractivity contribution in [1.82, 2.24) is 26.2 Å². The zero-order valence-electron chi connectivity index (χ0n) is 29.5. The third-order valence-electron chi connectivity index (χ3n) is 11.6. The molecule has 0 aromatic carbocycles. The average molecular weight is 708 g/mol. The highest BCUT2D eigenvalue weighted by molar-refractivity contribution is 7.92. The molecule has 5 aliphatic rings. The Morgan fingerprint density at radius 1 is 0.837 bits per heavy atom. The van der Waals surface area contributed by atoms with Gasteiger partial charge in [-0.3, -0.25) is 19.2 Å². The van der Waals surface area contributed by atoms with Crippen molar-refractivity contribution in [1.29, 1.82) is 0 Å². The molecule has 0 spiro atoms. The van der Waals surface area contributed by atoms with Crippen LogP contribution in [0.2, 0.25) is 0 Å². The number of nitrogens with one attached hydrogen (secondary N) is 4. The van der Waals surface area contributed by atoms with Crippen LogP contribution in [0, 0.1) is 17.3 Å². The van der Waals surface area contributed by atoms with Crippen LogP contribution in [-0.4, -0.2) is 97.4 Å². The van der Waals surface area contributed by atoms with E-state index in [1.807, 2.05) is 4.90 Å². The molecule has 4 N–H and O–H groups in total. The van der Waals surface area contributed by atoms with Gasteiger partial charge in [-0.2, -0.15) is 0 Å². The topological polar surface area (TPSA) is 180 Å². The second kappa shape index (κ2) is 15.7. The lowest BCUT2D eigenvalue weighted by molar-refractivity contribution is -0.140. The number of nitrogens with zero attached hydrogens (tertiary/aromatic N) is 1. The van der Waals surface area contributed by atoms with E-state index in [0.717, 1.165) is 64.2 Å². The summed E-state index contributed by atoms with van der Waals surface area (Å²) in [5.41, 5.74) is -1.83. The molecule has 13 nitrogen and oxygen atoms in total. The third kappa shape index (κ3) is 9.33. The van der Waals surface area contributed by atoms with Gasteiger partial charge in [0.1, 0.15) is 6.04 Å². The Morgan fingerprint density at radius 2 is 1.43 bits per heavy atom. The van der Waals surface area contributed by atoms with Gasteiger partial charge >= 0.3 is 6.03 Å². The lowest BCUT2D eigenvalue weighted by Crippen LogP contribution is -2.63. The van der Waals surface area contributed by atoms with Gasteiger partial charge in [-0.15, -0.1) is 0 Å². The highest BCUT2D eigenvalue weighted by Gasteiger charge is 2.63. The molecule has 2 heterocycles. The predicted molar refractivity (Wildman–Crippen MR) is 183 cm³/mol. The molecule has 276 valence electrons. The summed E-state index contributed by atoms with van der Waals surface area (Å²) in [7, 11) is -3.50. The number of fused-ring (bicyclic) bond motifs is 1. The van der Waals surface area contributed by atoms with Crippen molar-refractivity contribution in [2.75, 3.05) is 25.4 Å². The molecule has 2 saturated heterocycles. The number of unbranched alkanes of at least 4 members (excludes halogenated alkanes) is 5. The lowest BCUT2D eigenvalue weighted by atomic mass is 9.82. The molecule has 5 fully saturated rings. The number of sulfone groups is 1. The van der Waals surface area contributed by atoms with Crippen LogP contribution in [0.25, 0.3) is 0 Å². The Hall–Kier alpha value is -2.74. The molecule has 3 saturated carbocycles. The molecule has 1 unspecified atom stereocenters. The Kier molecular flexibility index (Phi) is 12.0. The maximum atomic E-state index is 13.8. The second-order valence-corrected chi connectivity index (χ2v) is 17.9. The lowest BCUT2D eigenvalue weighted by Gasteiger charge is -2.41. The molecular formula is C35H57N5O8S. The number of Topliss-reactive ketones (excluding diaryl/α,β-unsaturated/α-hetero) is 1. The fourth-order valence-electron chi connectivity index (χ4n) is 8.36. The van der Waals surface area contributed by atoms with Gasteiger partial charge in [0.05, 0.1) is 23.9 Å². The highest BCUT2D eigenvalue weighted by atomic mass is 32.2. The van der Waals surface area contributed by atoms with E-state index < -0.39 is 50.6 Å². The SMILES string of the molecule is CC(=O)N[C@@H](CCCCCCCC[C@H](NC(=O)NC1(C2OCCS2(=O)=O)CCCCC1)C(=O)N1C[C@@H]2[C@H](C1)C2(C)C)C(=O)C(=O)NC1CC1. The minimum absolute atomic E-state index is 0.0526. The number of carbonyl (C=O) groups excluding carboxylic acids is 5. The number of carbonyl (C=O) groups is 5. The average Bonchev–Trinajstić information content (AvgIpc) is 3.79. The van der Waals surface area contributed by atoms with Crippen molar-refractivity contribution in [2.45, 2.75) is 146 Å². The first-order valence-corrected chi connectivity index (χ1v) is 20.3. The Morgan fingerprint density at radius 3 is 1.98 bits per heavy atom. The first-order chi connectivity index (χ1) is 23.2. The zero-order valence-corrected chi connectivity index (χ0v) is 30.3. The van der Waals surface area contributed by atoms with Gasteiger partial charge in [0.2, 0.25) is 17.6 Å². The van der Waals surface area contributed by atoms with Crippen LogP contribution >= 0.6 is 0 Å². The molecule has 14 heteroatoms. The van der Waals surface area contributed by atoms with Crippen molar-refractivity contribution in [2.24, 2.45) is 17.3 Å². The van der Waals surface area contributed by atoms with E-state index in [0.29, 0.717) is 57.0 Å². The predicted octanol–water partition coefficient (Wildman–Crippen LogP) is 2.72. The summed E-state index contributed by atoms with van der Waals surface area (Å²) < 4.78 is 31.5. The number of ether oxygens (including phenoxy) is 1. The van der Waals surface area contributed by atoms with Gasteiger partial charge in [0, 0.05) is 26.1 Å². The summed E-state index contributed by atoms with van der Waals surface area (Å²) in [6.45, 7) is 7.32. The monoisotopic (exact) mass is 707 g/mol. The first kappa shape index (κ1) is 37.5. The summed E-state index contributed by atoms with van der Waals surface area (Å²) in [6, 6.07) is -1.99. The number of hydrogen-bond acceptors (Lipinski definition) is 8. The molecule has 49 heavy (non-hydrogen) atoms. The van der Waals surface area contributed by atoms with Crippen LogP contribution in [0.3, 0.4) is 0 Å². The van der Waals surface area contributed by atoms with Crippen LogP contribution in [0.15, 0.2) is 0 Å². The minimum atomic E-state index is -3.50. The molecule has 0 bridgehead atoms. The van der Waals surface area contributed by atoms with Crippen LogP contribution in [0.1, 0.15) is 117 Å². The van der Waals surface area contributed by atoms with E-state index in [1.54, 1.807) is 0 Å². The van der Waals surface area contributed by atoms with Crippen molar-refractivity contribution in [3.8, 4) is 0 Å². The number of hydrogen-bond donors (Lipinski definition) is 4. The standard InChI is InChI=1S/C35H57N5O8S/c1-23(41)36-27(29(42)30(43)37-24-15-16-24)13-9-6-4-5-7-10-14-28(31(44)40-21-25-26(22-40)34(25,2)3)38-33(45)39-35(17-11-8-12-18-35)32-48-19-20-49(32,46)47/h24-28,32H,4-22H2,1-3H3,(H,36,41)(H,37,43)(H2,38,39,45)/t25-,26+,27-,28-,32?/m0/s1. The fraction of sp³-hybridized carbons (Fsp3) is 0.857. The number of ketones is 1. The van der Waals surface area contributed by atoms with Crippen LogP contribution in [0.5, 0.6) is 0 Å². The fourth-order valence-corrected chi connectivity index (χ4v) is 10.2. The molecule has 5 atom stereocenters. The molecule has 0 aromatic heterocycles. The zero-order chi connectivity index (χ0) is 35.4. The third-order valence-corrected chi connectivity index (χ3v) is 13.6. The highest BCUT2D eigenvalue weighted by Crippen LogP contribution is 2.62. The van der Waals surface area contributed by atoms with Crippen LogP contribution in [-0.2, 0) is 33.8 Å². The van der Waals surface area contributed by atoms with E-state index in [4.69, 9.17) is 4.74 Å². The molecular weight excluding hydrogens is 650 g/mol. The smallest absolute Gasteiger partial charge is 0.315 e. The van der Waals surface area contributed by atoms with Crippen molar-refractivity contribution in [3.63, 3.8) is 0 Å². The summed E-state index contributed by atoms with van der Waals surface area (Å²) >= 11 is 0. The molecule has 5 rings (SSSR count). The van der Waals surface area contributed by atoms with E-state index >= 15 is 0 Å². The maximum Gasteiger partial charge on any atom is 0.315 e. The molecule has 0 aromatic rings.